The normalized spacial score (nSPS) is 22.4. The highest BCUT2D eigenvalue weighted by molar-refractivity contribution is 5.72. The van der Waals surface area contributed by atoms with Crippen LogP contribution in [0.25, 0.3) is 0 Å². The van der Waals surface area contributed by atoms with Crippen LogP contribution in [0.4, 0.5) is 4.79 Å². The van der Waals surface area contributed by atoms with Crippen molar-refractivity contribution in [1.29, 1.82) is 0 Å². The summed E-state index contributed by atoms with van der Waals surface area (Å²) in [6.07, 6.45) is 0.0338. The summed E-state index contributed by atoms with van der Waals surface area (Å²) in [6.45, 7) is 9.17. The van der Waals surface area contributed by atoms with Gasteiger partial charge in [-0.3, -0.25) is 4.79 Å². The van der Waals surface area contributed by atoms with E-state index in [-0.39, 0.29) is 24.5 Å². The fraction of sp³-hybridized carbons (Fsp3) is 0.733. The van der Waals surface area contributed by atoms with Crippen LogP contribution >= 0.6 is 0 Å². The molecule has 6 heteroatoms. The molecule has 0 saturated heterocycles. The number of alkyl carbamates (subject to hydrolysis) is 1. The molecule has 1 rings (SSSR count). The molecule has 0 unspecified atom stereocenters. The lowest BCUT2D eigenvalue weighted by Crippen LogP contribution is -2.47. The molecule has 120 valence electrons. The Morgan fingerprint density at radius 2 is 2.00 bits per heavy atom. The number of carbonyl (C=O) groups is 2. The first kappa shape index (κ1) is 17.3. The number of hydrogen-bond donors (Lipinski definition) is 1. The lowest BCUT2D eigenvalue weighted by atomic mass is 9.98. The molecule has 0 aromatic carbocycles. The molecule has 1 aliphatic rings. The van der Waals surface area contributed by atoms with Crippen molar-refractivity contribution in [2.75, 3.05) is 7.11 Å². The monoisotopic (exact) mass is 299 g/mol. The van der Waals surface area contributed by atoms with E-state index in [4.69, 9.17) is 9.47 Å². The molecule has 1 N–H and O–H groups in total. The molecule has 0 aliphatic carbocycles. The van der Waals surface area contributed by atoms with Crippen molar-refractivity contribution < 1.29 is 23.8 Å². The number of rotatable bonds is 3. The first-order chi connectivity index (χ1) is 9.62. The van der Waals surface area contributed by atoms with E-state index in [1.165, 1.54) is 7.11 Å². The molecular formula is C15H25NO5. The quantitative estimate of drug-likeness (QED) is 0.811. The second-order valence-corrected chi connectivity index (χ2v) is 6.24. The summed E-state index contributed by atoms with van der Waals surface area (Å²) in [6, 6.07) is -0.179. The molecule has 2 atom stereocenters. The minimum atomic E-state index is -0.538. The third-order valence-electron chi connectivity index (χ3n) is 3.13. The number of ether oxygens (including phenoxy) is 3. The zero-order chi connectivity index (χ0) is 16.2. The summed E-state index contributed by atoms with van der Waals surface area (Å²) in [7, 11) is 1.34. The van der Waals surface area contributed by atoms with Crippen molar-refractivity contribution >= 4 is 12.1 Å². The maximum absolute atomic E-state index is 11.8. The van der Waals surface area contributed by atoms with Crippen molar-refractivity contribution in [2.45, 2.75) is 65.2 Å². The van der Waals surface area contributed by atoms with Gasteiger partial charge in [0.25, 0.3) is 0 Å². The van der Waals surface area contributed by atoms with Crippen LogP contribution in [0.2, 0.25) is 0 Å². The Morgan fingerprint density at radius 1 is 1.38 bits per heavy atom. The second-order valence-electron chi connectivity index (χ2n) is 6.24. The van der Waals surface area contributed by atoms with Gasteiger partial charge in [-0.15, -0.1) is 0 Å². The molecule has 0 radical (unpaired) electrons. The van der Waals surface area contributed by atoms with E-state index < -0.39 is 11.7 Å². The highest BCUT2D eigenvalue weighted by atomic mass is 16.6. The van der Waals surface area contributed by atoms with Gasteiger partial charge in [0.15, 0.2) is 0 Å². The summed E-state index contributed by atoms with van der Waals surface area (Å²) in [5.74, 6) is 0.284. The van der Waals surface area contributed by atoms with Crippen LogP contribution in [-0.2, 0) is 19.0 Å². The van der Waals surface area contributed by atoms with E-state index in [1.807, 2.05) is 34.6 Å². The largest absolute Gasteiger partial charge is 0.492 e. The van der Waals surface area contributed by atoms with Crippen LogP contribution in [0.15, 0.2) is 11.3 Å². The average molecular weight is 299 g/mol. The molecule has 0 aromatic rings. The molecule has 0 aromatic heterocycles. The second kappa shape index (κ2) is 6.83. The maximum Gasteiger partial charge on any atom is 0.408 e. The van der Waals surface area contributed by atoms with E-state index >= 15 is 0 Å². The summed E-state index contributed by atoms with van der Waals surface area (Å²) < 4.78 is 15.6. The van der Waals surface area contributed by atoms with E-state index in [0.29, 0.717) is 12.2 Å². The maximum atomic E-state index is 11.8. The van der Waals surface area contributed by atoms with Crippen LogP contribution < -0.4 is 5.32 Å². The van der Waals surface area contributed by atoms with Gasteiger partial charge in [0.1, 0.15) is 23.9 Å². The third-order valence-corrected chi connectivity index (χ3v) is 3.13. The highest BCUT2D eigenvalue weighted by Gasteiger charge is 2.30. The molecule has 6 nitrogen and oxygen atoms in total. The SMILES string of the molecule is COC(=O)CC1=C(C)C[C@@H](NC(=O)OC(C)(C)C)[C@@H](C)O1. The standard InChI is InChI=1S/C15H25NO5/c1-9-7-11(16-14(18)21-15(3,4)5)10(2)20-12(9)8-13(17)19-6/h10-11H,7-8H2,1-6H3,(H,16,18)/t10-,11-/m1/s1. The summed E-state index contributed by atoms with van der Waals surface area (Å²) in [5, 5.41) is 2.81. The topological polar surface area (TPSA) is 73.9 Å². The Kier molecular flexibility index (Phi) is 5.63. The molecule has 0 saturated carbocycles. The number of methoxy groups -OCH3 is 1. The van der Waals surface area contributed by atoms with Crippen LogP contribution in [0, 0.1) is 0 Å². The van der Waals surface area contributed by atoms with Crippen LogP contribution in [0.1, 0.15) is 47.5 Å². The van der Waals surface area contributed by atoms with E-state index in [0.717, 1.165) is 5.57 Å². The van der Waals surface area contributed by atoms with Crippen molar-refractivity contribution in [1.82, 2.24) is 5.32 Å². The summed E-state index contributed by atoms with van der Waals surface area (Å²) in [4.78, 5) is 23.1. The molecule has 0 bridgehead atoms. The van der Waals surface area contributed by atoms with Crippen LogP contribution in [0.5, 0.6) is 0 Å². The molecule has 1 heterocycles. The first-order valence-electron chi connectivity index (χ1n) is 7.04. The van der Waals surface area contributed by atoms with Gasteiger partial charge in [-0.05, 0) is 46.6 Å². The minimum Gasteiger partial charge on any atom is -0.492 e. The Hall–Kier alpha value is -1.72. The Bertz CT molecular complexity index is 436. The molecule has 1 aliphatic heterocycles. The van der Waals surface area contributed by atoms with Gasteiger partial charge in [-0.2, -0.15) is 0 Å². The Balaban J connectivity index is 2.65. The predicted octanol–water partition coefficient (Wildman–Crippen LogP) is 2.53. The number of amides is 1. The van der Waals surface area contributed by atoms with Crippen molar-refractivity contribution in [2.24, 2.45) is 0 Å². The van der Waals surface area contributed by atoms with Gasteiger partial charge in [-0.25, -0.2) is 4.79 Å². The zero-order valence-electron chi connectivity index (χ0n) is 13.6. The van der Waals surface area contributed by atoms with E-state index in [1.54, 1.807) is 0 Å². The summed E-state index contributed by atoms with van der Waals surface area (Å²) >= 11 is 0. The lowest BCUT2D eigenvalue weighted by molar-refractivity contribution is -0.140. The van der Waals surface area contributed by atoms with Gasteiger partial charge in [0, 0.05) is 0 Å². The van der Waals surface area contributed by atoms with Gasteiger partial charge in [0.05, 0.1) is 13.2 Å². The average Bonchev–Trinajstić information content (AvgIpc) is 2.32. The van der Waals surface area contributed by atoms with Gasteiger partial charge in [0.2, 0.25) is 0 Å². The van der Waals surface area contributed by atoms with Crippen LogP contribution in [-0.4, -0.2) is 36.9 Å². The Labute approximate surface area is 125 Å². The fourth-order valence-corrected chi connectivity index (χ4v) is 2.04. The van der Waals surface area contributed by atoms with Gasteiger partial charge in [-0.1, -0.05) is 0 Å². The molecule has 0 spiro atoms. The van der Waals surface area contributed by atoms with Gasteiger partial charge >= 0.3 is 12.1 Å². The highest BCUT2D eigenvalue weighted by Crippen LogP contribution is 2.26. The van der Waals surface area contributed by atoms with Gasteiger partial charge < -0.3 is 19.5 Å². The van der Waals surface area contributed by atoms with Crippen molar-refractivity contribution in [3.05, 3.63) is 11.3 Å². The van der Waals surface area contributed by atoms with E-state index in [9.17, 15) is 9.59 Å². The molecular weight excluding hydrogens is 274 g/mol. The van der Waals surface area contributed by atoms with Crippen molar-refractivity contribution in [3.8, 4) is 0 Å². The zero-order valence-corrected chi connectivity index (χ0v) is 13.6. The number of carbonyl (C=O) groups excluding carboxylic acids is 2. The third kappa shape index (κ3) is 5.65. The molecule has 0 fully saturated rings. The first-order valence-corrected chi connectivity index (χ1v) is 7.04. The molecule has 21 heavy (non-hydrogen) atoms. The number of nitrogens with one attached hydrogen (secondary N) is 1. The van der Waals surface area contributed by atoms with Crippen molar-refractivity contribution in [3.63, 3.8) is 0 Å². The smallest absolute Gasteiger partial charge is 0.408 e. The number of esters is 1. The summed E-state index contributed by atoms with van der Waals surface area (Å²) in [5.41, 5.74) is 0.392. The van der Waals surface area contributed by atoms with E-state index in [2.05, 4.69) is 10.1 Å². The fourth-order valence-electron chi connectivity index (χ4n) is 2.04. The Morgan fingerprint density at radius 3 is 2.52 bits per heavy atom. The minimum absolute atomic E-state index is 0.117. The van der Waals surface area contributed by atoms with Crippen LogP contribution in [0.3, 0.4) is 0 Å². The number of hydrogen-bond acceptors (Lipinski definition) is 5. The molecule has 1 amide bonds. The lowest BCUT2D eigenvalue weighted by Gasteiger charge is -2.33. The predicted molar refractivity (Wildman–Crippen MR) is 77.7 cm³/mol.